The first-order chi connectivity index (χ1) is 6.31. The summed E-state index contributed by atoms with van der Waals surface area (Å²) in [6, 6.07) is 6.38. The van der Waals surface area contributed by atoms with Gasteiger partial charge >= 0.3 is 0 Å². The second-order valence-electron chi connectivity index (χ2n) is 3.61. The summed E-state index contributed by atoms with van der Waals surface area (Å²) in [7, 11) is 0. The van der Waals surface area contributed by atoms with Crippen molar-refractivity contribution in [3.05, 3.63) is 33.8 Å². The molecule has 1 aliphatic rings. The molecule has 0 fully saturated rings. The van der Waals surface area contributed by atoms with E-state index in [9.17, 15) is 5.11 Å². The van der Waals surface area contributed by atoms with Gasteiger partial charge in [0, 0.05) is 17.0 Å². The van der Waals surface area contributed by atoms with Crippen molar-refractivity contribution in [1.29, 1.82) is 0 Å². The number of benzene rings is 1. The fourth-order valence-electron chi connectivity index (χ4n) is 2.07. The monoisotopic (exact) mass is 240 g/mol. The van der Waals surface area contributed by atoms with Gasteiger partial charge in [-0.3, -0.25) is 0 Å². The van der Waals surface area contributed by atoms with Crippen LogP contribution in [0.1, 0.15) is 29.9 Å². The second kappa shape index (κ2) is 3.81. The Balaban J connectivity index is 2.40. The molecule has 1 unspecified atom stereocenters. The van der Waals surface area contributed by atoms with E-state index in [1.807, 2.05) is 0 Å². The molecule has 1 atom stereocenters. The van der Waals surface area contributed by atoms with Crippen molar-refractivity contribution in [3.63, 3.8) is 0 Å². The summed E-state index contributed by atoms with van der Waals surface area (Å²) in [5, 5.41) is 9.20. The normalized spacial score (nSPS) is 21.2. The van der Waals surface area contributed by atoms with E-state index < -0.39 is 0 Å². The Bertz CT molecular complexity index is 309. The number of hydrogen-bond acceptors (Lipinski definition) is 1. The van der Waals surface area contributed by atoms with Crippen LogP contribution in [0.5, 0.6) is 0 Å². The van der Waals surface area contributed by atoms with E-state index in [4.69, 9.17) is 0 Å². The number of aryl methyl sites for hydroxylation is 1. The first-order valence-corrected chi connectivity index (χ1v) is 5.49. The van der Waals surface area contributed by atoms with Crippen LogP contribution in [0.4, 0.5) is 0 Å². The zero-order valence-electron chi connectivity index (χ0n) is 7.46. The summed E-state index contributed by atoms with van der Waals surface area (Å²) < 4.78 is 1.14. The van der Waals surface area contributed by atoms with Crippen LogP contribution < -0.4 is 0 Å². The van der Waals surface area contributed by atoms with Gasteiger partial charge < -0.3 is 5.11 Å². The highest BCUT2D eigenvalue weighted by Crippen LogP contribution is 2.32. The van der Waals surface area contributed by atoms with Gasteiger partial charge in [-0.05, 0) is 42.5 Å². The molecule has 1 nitrogen and oxygen atoms in total. The topological polar surface area (TPSA) is 20.2 Å². The molecular formula is C11H13BrO. The molecule has 2 heteroatoms. The first kappa shape index (κ1) is 9.22. The summed E-state index contributed by atoms with van der Waals surface area (Å²) in [4.78, 5) is 0. The van der Waals surface area contributed by atoms with Gasteiger partial charge in [-0.1, -0.05) is 22.0 Å². The van der Waals surface area contributed by atoms with Crippen LogP contribution in [-0.2, 0) is 6.42 Å². The molecule has 0 amide bonds. The predicted octanol–water partition coefficient (Wildman–Crippen LogP) is 2.86. The highest BCUT2D eigenvalue weighted by molar-refractivity contribution is 9.10. The molecule has 0 aromatic heterocycles. The Morgan fingerprint density at radius 1 is 1.46 bits per heavy atom. The van der Waals surface area contributed by atoms with Crippen molar-refractivity contribution in [3.8, 4) is 0 Å². The maximum atomic E-state index is 9.20. The van der Waals surface area contributed by atoms with Crippen LogP contribution >= 0.6 is 15.9 Å². The van der Waals surface area contributed by atoms with Gasteiger partial charge in [0.1, 0.15) is 0 Å². The van der Waals surface area contributed by atoms with Crippen LogP contribution in [0, 0.1) is 0 Å². The van der Waals surface area contributed by atoms with E-state index in [-0.39, 0.29) is 6.61 Å². The van der Waals surface area contributed by atoms with E-state index in [2.05, 4.69) is 34.1 Å². The number of hydrogen-bond donors (Lipinski definition) is 1. The van der Waals surface area contributed by atoms with Crippen molar-refractivity contribution in [2.24, 2.45) is 0 Å². The number of halogens is 1. The van der Waals surface area contributed by atoms with E-state index in [1.54, 1.807) is 0 Å². The van der Waals surface area contributed by atoms with Crippen LogP contribution in [-0.4, -0.2) is 11.7 Å². The molecule has 1 N–H and O–H groups in total. The molecule has 1 aromatic carbocycles. The van der Waals surface area contributed by atoms with E-state index in [1.165, 1.54) is 17.5 Å². The van der Waals surface area contributed by atoms with Crippen molar-refractivity contribution in [1.82, 2.24) is 0 Å². The third-order valence-corrected chi connectivity index (χ3v) is 3.26. The largest absolute Gasteiger partial charge is 0.396 e. The number of rotatable bonds is 1. The zero-order chi connectivity index (χ0) is 9.26. The van der Waals surface area contributed by atoms with Crippen molar-refractivity contribution in [2.75, 3.05) is 6.61 Å². The van der Waals surface area contributed by atoms with Crippen molar-refractivity contribution < 1.29 is 5.11 Å². The lowest BCUT2D eigenvalue weighted by Gasteiger charge is -2.23. The summed E-state index contributed by atoms with van der Waals surface area (Å²) in [6.07, 6.45) is 3.49. The summed E-state index contributed by atoms with van der Waals surface area (Å²) in [5.74, 6) is 0.372. The molecule has 0 saturated carbocycles. The standard InChI is InChI=1S/C11H13BrO/c12-10-4-5-11-8(6-10)2-1-3-9(11)7-13/h4-6,9,13H,1-3,7H2. The first-order valence-electron chi connectivity index (χ1n) is 4.70. The molecule has 0 heterocycles. The average molecular weight is 241 g/mol. The van der Waals surface area contributed by atoms with E-state index in [0.717, 1.165) is 17.3 Å². The number of fused-ring (bicyclic) bond motifs is 1. The van der Waals surface area contributed by atoms with Crippen LogP contribution in [0.15, 0.2) is 22.7 Å². The van der Waals surface area contributed by atoms with E-state index >= 15 is 0 Å². The quantitative estimate of drug-likeness (QED) is 0.801. The summed E-state index contributed by atoms with van der Waals surface area (Å²) >= 11 is 3.47. The van der Waals surface area contributed by atoms with Crippen LogP contribution in [0.3, 0.4) is 0 Å². The Morgan fingerprint density at radius 3 is 3.08 bits per heavy atom. The molecule has 0 spiro atoms. The van der Waals surface area contributed by atoms with Gasteiger partial charge in [0.25, 0.3) is 0 Å². The zero-order valence-corrected chi connectivity index (χ0v) is 9.05. The molecule has 0 bridgehead atoms. The van der Waals surface area contributed by atoms with Gasteiger partial charge in [-0.2, -0.15) is 0 Å². The molecular weight excluding hydrogens is 228 g/mol. The Labute approximate surface area is 86.9 Å². The Hall–Kier alpha value is -0.340. The fraction of sp³-hybridized carbons (Fsp3) is 0.455. The molecule has 70 valence electrons. The maximum Gasteiger partial charge on any atom is 0.0499 e. The lowest BCUT2D eigenvalue weighted by molar-refractivity contribution is 0.253. The highest BCUT2D eigenvalue weighted by atomic mass is 79.9. The third kappa shape index (κ3) is 1.79. The maximum absolute atomic E-state index is 9.20. The summed E-state index contributed by atoms with van der Waals surface area (Å²) in [5.41, 5.74) is 2.75. The average Bonchev–Trinajstić information content (AvgIpc) is 2.16. The highest BCUT2D eigenvalue weighted by Gasteiger charge is 2.18. The van der Waals surface area contributed by atoms with Gasteiger partial charge in [-0.25, -0.2) is 0 Å². The third-order valence-electron chi connectivity index (χ3n) is 2.76. The number of aliphatic hydroxyl groups excluding tert-OH is 1. The smallest absolute Gasteiger partial charge is 0.0499 e. The van der Waals surface area contributed by atoms with Gasteiger partial charge in [0.05, 0.1) is 0 Å². The molecule has 0 aliphatic heterocycles. The molecule has 0 saturated heterocycles. The Morgan fingerprint density at radius 2 is 2.31 bits per heavy atom. The van der Waals surface area contributed by atoms with E-state index in [0.29, 0.717) is 5.92 Å². The lowest BCUT2D eigenvalue weighted by Crippen LogP contribution is -2.12. The van der Waals surface area contributed by atoms with Crippen LogP contribution in [0.2, 0.25) is 0 Å². The van der Waals surface area contributed by atoms with Crippen molar-refractivity contribution in [2.45, 2.75) is 25.2 Å². The second-order valence-corrected chi connectivity index (χ2v) is 4.53. The molecule has 13 heavy (non-hydrogen) atoms. The van der Waals surface area contributed by atoms with Gasteiger partial charge in [0.15, 0.2) is 0 Å². The summed E-state index contributed by atoms with van der Waals surface area (Å²) in [6.45, 7) is 0.286. The fourth-order valence-corrected chi connectivity index (χ4v) is 2.48. The molecule has 1 aromatic rings. The van der Waals surface area contributed by atoms with Gasteiger partial charge in [0.2, 0.25) is 0 Å². The van der Waals surface area contributed by atoms with Gasteiger partial charge in [-0.15, -0.1) is 0 Å². The minimum Gasteiger partial charge on any atom is -0.396 e. The molecule has 1 aliphatic carbocycles. The Kier molecular flexibility index (Phi) is 2.70. The number of aliphatic hydroxyl groups is 1. The minimum absolute atomic E-state index is 0.286. The molecule has 2 rings (SSSR count). The predicted molar refractivity (Wildman–Crippen MR) is 56.9 cm³/mol. The molecule has 0 radical (unpaired) electrons. The van der Waals surface area contributed by atoms with Crippen LogP contribution in [0.25, 0.3) is 0 Å². The minimum atomic E-state index is 0.286. The SMILES string of the molecule is OCC1CCCc2cc(Br)ccc21. The lowest BCUT2D eigenvalue weighted by atomic mass is 9.83. The van der Waals surface area contributed by atoms with Crippen molar-refractivity contribution >= 4 is 15.9 Å².